The lowest BCUT2D eigenvalue weighted by Gasteiger charge is -2.19. The van der Waals surface area contributed by atoms with Gasteiger partial charge in [0.25, 0.3) is 0 Å². The summed E-state index contributed by atoms with van der Waals surface area (Å²) in [4.78, 5) is 8.85. The van der Waals surface area contributed by atoms with Gasteiger partial charge in [-0.15, -0.1) is 0 Å². The SMILES string of the molecule is CCNC(Cc1cncc(Br)c1)c1ncc(C)cc1C. The van der Waals surface area contributed by atoms with Gasteiger partial charge >= 0.3 is 0 Å². The molecule has 106 valence electrons. The molecule has 1 unspecified atom stereocenters. The van der Waals surface area contributed by atoms with Gasteiger partial charge < -0.3 is 5.32 Å². The van der Waals surface area contributed by atoms with Crippen LogP contribution in [-0.4, -0.2) is 16.5 Å². The van der Waals surface area contributed by atoms with E-state index in [2.05, 4.69) is 64.1 Å². The van der Waals surface area contributed by atoms with E-state index in [1.807, 2.05) is 12.4 Å². The highest BCUT2D eigenvalue weighted by Crippen LogP contribution is 2.21. The Morgan fingerprint density at radius 2 is 2.00 bits per heavy atom. The lowest BCUT2D eigenvalue weighted by Crippen LogP contribution is -2.25. The molecule has 4 heteroatoms. The van der Waals surface area contributed by atoms with E-state index in [1.54, 1.807) is 6.20 Å². The second-order valence-corrected chi connectivity index (χ2v) is 5.96. The first-order chi connectivity index (χ1) is 9.60. The number of rotatable bonds is 5. The second-order valence-electron chi connectivity index (χ2n) is 5.04. The Balaban J connectivity index is 2.26. The molecule has 0 aliphatic heterocycles. The number of aryl methyl sites for hydroxylation is 2. The second kappa shape index (κ2) is 6.95. The number of likely N-dealkylation sites (N-methyl/N-ethyl adjacent to an activating group) is 1. The van der Waals surface area contributed by atoms with E-state index >= 15 is 0 Å². The summed E-state index contributed by atoms with van der Waals surface area (Å²) in [5, 5.41) is 3.52. The molecule has 0 bridgehead atoms. The van der Waals surface area contributed by atoms with Gasteiger partial charge in [-0.05, 0) is 65.5 Å². The van der Waals surface area contributed by atoms with Crippen molar-refractivity contribution in [3.63, 3.8) is 0 Å². The Morgan fingerprint density at radius 3 is 2.65 bits per heavy atom. The molecule has 0 aliphatic carbocycles. The van der Waals surface area contributed by atoms with Crippen molar-refractivity contribution >= 4 is 15.9 Å². The van der Waals surface area contributed by atoms with E-state index in [-0.39, 0.29) is 6.04 Å². The highest BCUT2D eigenvalue weighted by molar-refractivity contribution is 9.10. The fourth-order valence-electron chi connectivity index (χ4n) is 2.41. The molecule has 0 aromatic carbocycles. The van der Waals surface area contributed by atoms with E-state index in [0.29, 0.717) is 0 Å². The van der Waals surface area contributed by atoms with Crippen LogP contribution in [0.15, 0.2) is 35.2 Å². The van der Waals surface area contributed by atoms with Crippen molar-refractivity contribution < 1.29 is 0 Å². The van der Waals surface area contributed by atoms with Gasteiger partial charge in [-0.2, -0.15) is 0 Å². The van der Waals surface area contributed by atoms with Gasteiger partial charge in [0.2, 0.25) is 0 Å². The number of hydrogen-bond acceptors (Lipinski definition) is 3. The summed E-state index contributed by atoms with van der Waals surface area (Å²) in [6.07, 6.45) is 6.54. The van der Waals surface area contributed by atoms with Gasteiger partial charge in [0.1, 0.15) is 0 Å². The highest BCUT2D eigenvalue weighted by atomic mass is 79.9. The summed E-state index contributed by atoms with van der Waals surface area (Å²) in [7, 11) is 0. The third-order valence-corrected chi connectivity index (χ3v) is 3.67. The number of nitrogens with zero attached hydrogens (tertiary/aromatic N) is 2. The maximum atomic E-state index is 4.62. The maximum Gasteiger partial charge on any atom is 0.0605 e. The van der Waals surface area contributed by atoms with Gasteiger partial charge in [-0.3, -0.25) is 9.97 Å². The molecular weight excluding hydrogens is 314 g/mol. The van der Waals surface area contributed by atoms with Crippen LogP contribution in [0.2, 0.25) is 0 Å². The summed E-state index contributed by atoms with van der Waals surface area (Å²) in [5.74, 6) is 0. The number of halogens is 1. The lowest BCUT2D eigenvalue weighted by atomic mass is 10.00. The molecule has 1 N–H and O–H groups in total. The van der Waals surface area contributed by atoms with Crippen LogP contribution in [0, 0.1) is 13.8 Å². The minimum atomic E-state index is 0.219. The smallest absolute Gasteiger partial charge is 0.0605 e. The predicted octanol–water partition coefficient (Wildman–Crippen LogP) is 3.75. The van der Waals surface area contributed by atoms with E-state index in [0.717, 1.165) is 23.1 Å². The molecule has 3 nitrogen and oxygen atoms in total. The molecular formula is C16H20BrN3. The van der Waals surface area contributed by atoms with Crippen LogP contribution in [0.25, 0.3) is 0 Å². The molecule has 0 fully saturated rings. The standard InChI is InChI=1S/C16H20BrN3/c1-4-19-15(7-13-6-14(17)10-18-9-13)16-12(3)5-11(2)8-20-16/h5-6,8-10,15,19H,4,7H2,1-3H3. The Hall–Kier alpha value is -1.26. The normalized spacial score (nSPS) is 12.4. The topological polar surface area (TPSA) is 37.8 Å². The van der Waals surface area contributed by atoms with E-state index in [9.17, 15) is 0 Å². The van der Waals surface area contributed by atoms with Gasteiger partial charge in [-0.1, -0.05) is 13.0 Å². The minimum absolute atomic E-state index is 0.219. The summed E-state index contributed by atoms with van der Waals surface area (Å²) < 4.78 is 1.01. The van der Waals surface area contributed by atoms with Gasteiger partial charge in [0.15, 0.2) is 0 Å². The average molecular weight is 334 g/mol. The quantitative estimate of drug-likeness (QED) is 0.905. The fraction of sp³-hybridized carbons (Fsp3) is 0.375. The molecule has 0 amide bonds. The van der Waals surface area contributed by atoms with Crippen molar-refractivity contribution in [3.8, 4) is 0 Å². The zero-order valence-electron chi connectivity index (χ0n) is 12.2. The van der Waals surface area contributed by atoms with Crippen molar-refractivity contribution in [2.75, 3.05) is 6.54 Å². The molecule has 2 rings (SSSR count). The van der Waals surface area contributed by atoms with Crippen molar-refractivity contribution in [1.29, 1.82) is 0 Å². The van der Waals surface area contributed by atoms with Crippen LogP contribution in [0.4, 0.5) is 0 Å². The molecule has 2 heterocycles. The third kappa shape index (κ3) is 3.87. The average Bonchev–Trinajstić information content (AvgIpc) is 2.38. The number of pyridine rings is 2. The molecule has 0 saturated heterocycles. The van der Waals surface area contributed by atoms with Crippen molar-refractivity contribution in [1.82, 2.24) is 15.3 Å². The maximum absolute atomic E-state index is 4.62. The van der Waals surface area contributed by atoms with Crippen LogP contribution >= 0.6 is 15.9 Å². The fourth-order valence-corrected chi connectivity index (χ4v) is 2.82. The van der Waals surface area contributed by atoms with Crippen LogP contribution < -0.4 is 5.32 Å². The van der Waals surface area contributed by atoms with Gasteiger partial charge in [0, 0.05) is 23.1 Å². The number of hydrogen-bond donors (Lipinski definition) is 1. The zero-order valence-corrected chi connectivity index (χ0v) is 13.7. The molecule has 2 aromatic rings. The lowest BCUT2D eigenvalue weighted by molar-refractivity contribution is 0.533. The summed E-state index contributed by atoms with van der Waals surface area (Å²) in [6, 6.07) is 4.52. The zero-order chi connectivity index (χ0) is 14.5. The number of nitrogens with one attached hydrogen (secondary N) is 1. The Kier molecular flexibility index (Phi) is 5.26. The van der Waals surface area contributed by atoms with Crippen LogP contribution in [0.1, 0.15) is 35.3 Å². The third-order valence-electron chi connectivity index (χ3n) is 3.24. The monoisotopic (exact) mass is 333 g/mol. The molecule has 0 saturated carbocycles. The Bertz CT molecular complexity index is 584. The summed E-state index contributed by atoms with van der Waals surface area (Å²) in [5.41, 5.74) is 4.76. The first kappa shape index (κ1) is 15.1. The summed E-state index contributed by atoms with van der Waals surface area (Å²) in [6.45, 7) is 7.24. The van der Waals surface area contributed by atoms with Crippen molar-refractivity contribution in [2.24, 2.45) is 0 Å². The predicted molar refractivity (Wildman–Crippen MR) is 85.8 cm³/mol. The summed E-state index contributed by atoms with van der Waals surface area (Å²) >= 11 is 3.47. The van der Waals surface area contributed by atoms with Crippen molar-refractivity contribution in [3.05, 3.63) is 57.6 Å². The first-order valence-corrected chi connectivity index (χ1v) is 7.65. The molecule has 0 aliphatic rings. The largest absolute Gasteiger partial charge is 0.309 e. The van der Waals surface area contributed by atoms with E-state index < -0.39 is 0 Å². The minimum Gasteiger partial charge on any atom is -0.309 e. The Morgan fingerprint density at radius 1 is 1.20 bits per heavy atom. The van der Waals surface area contributed by atoms with Crippen LogP contribution in [-0.2, 0) is 6.42 Å². The molecule has 1 atom stereocenters. The van der Waals surface area contributed by atoms with Gasteiger partial charge in [0.05, 0.1) is 11.7 Å². The molecule has 0 spiro atoms. The Labute approximate surface area is 129 Å². The van der Waals surface area contributed by atoms with Gasteiger partial charge in [-0.25, -0.2) is 0 Å². The number of aromatic nitrogens is 2. The van der Waals surface area contributed by atoms with E-state index in [4.69, 9.17) is 0 Å². The molecule has 2 aromatic heterocycles. The van der Waals surface area contributed by atoms with Crippen LogP contribution in [0.5, 0.6) is 0 Å². The van der Waals surface area contributed by atoms with E-state index in [1.165, 1.54) is 16.7 Å². The molecule has 20 heavy (non-hydrogen) atoms. The first-order valence-electron chi connectivity index (χ1n) is 6.86. The highest BCUT2D eigenvalue weighted by Gasteiger charge is 2.15. The van der Waals surface area contributed by atoms with Crippen molar-refractivity contribution in [2.45, 2.75) is 33.2 Å². The van der Waals surface area contributed by atoms with Crippen LogP contribution in [0.3, 0.4) is 0 Å². The molecule has 0 radical (unpaired) electrons.